The van der Waals surface area contributed by atoms with Gasteiger partial charge in [-0.05, 0) is 43.9 Å². The van der Waals surface area contributed by atoms with Crippen molar-refractivity contribution in [3.8, 4) is 0 Å². The molecule has 34 heavy (non-hydrogen) atoms. The third-order valence-electron chi connectivity index (χ3n) is 7.68. The fourth-order valence-corrected chi connectivity index (χ4v) is 6.86. The Balaban J connectivity index is 1.09. The Bertz CT molecular complexity index is 1230. The van der Waals surface area contributed by atoms with Crippen LogP contribution >= 0.6 is 27.3 Å². The lowest BCUT2D eigenvalue weighted by atomic mass is 9.61. The van der Waals surface area contributed by atoms with Crippen LogP contribution in [0.3, 0.4) is 0 Å². The number of likely N-dealkylation sites (tertiary alicyclic amines) is 1. The Morgan fingerprint density at radius 2 is 2.03 bits per heavy atom. The van der Waals surface area contributed by atoms with Crippen molar-refractivity contribution < 1.29 is 9.59 Å². The predicted octanol–water partition coefficient (Wildman–Crippen LogP) is 2.99. The smallest absolute Gasteiger partial charge is 0.231 e. The number of hydrogen-bond acceptors (Lipinski definition) is 6. The quantitative estimate of drug-likeness (QED) is 0.506. The molecule has 2 aliphatic heterocycles. The normalized spacial score (nSPS) is 24.4. The van der Waals surface area contributed by atoms with Gasteiger partial charge in [0, 0.05) is 49.4 Å². The number of hydrogen-bond donors (Lipinski definition) is 0. The molecule has 2 atom stereocenters. The minimum absolute atomic E-state index is 0.0588. The van der Waals surface area contributed by atoms with Crippen molar-refractivity contribution in [3.05, 3.63) is 45.6 Å². The van der Waals surface area contributed by atoms with Gasteiger partial charge < -0.3 is 14.7 Å². The van der Waals surface area contributed by atoms with Crippen LogP contribution < -0.4 is 4.90 Å². The number of imidazole rings is 1. The molecule has 0 radical (unpaired) electrons. The van der Waals surface area contributed by atoms with Crippen LogP contribution in [0, 0.1) is 18.3 Å². The van der Waals surface area contributed by atoms with Gasteiger partial charge in [-0.1, -0.05) is 33.3 Å². The highest BCUT2D eigenvalue weighted by Crippen LogP contribution is 2.53. The Morgan fingerprint density at radius 3 is 2.74 bits per heavy atom. The molecule has 0 bridgehead atoms. The van der Waals surface area contributed by atoms with Gasteiger partial charge in [0.2, 0.25) is 16.8 Å². The van der Waals surface area contributed by atoms with Crippen LogP contribution in [0.1, 0.15) is 23.5 Å². The van der Waals surface area contributed by atoms with Gasteiger partial charge in [-0.3, -0.25) is 9.59 Å². The van der Waals surface area contributed by atoms with Crippen LogP contribution in [0.15, 0.2) is 34.9 Å². The second kappa shape index (κ2) is 8.34. The van der Waals surface area contributed by atoms with E-state index in [0.29, 0.717) is 13.1 Å². The third kappa shape index (κ3) is 3.71. The molecule has 0 spiro atoms. The number of halogens is 1. The number of rotatable bonds is 4. The van der Waals surface area contributed by atoms with Gasteiger partial charge in [-0.2, -0.15) is 5.10 Å². The Morgan fingerprint density at radius 1 is 1.21 bits per heavy atom. The van der Waals surface area contributed by atoms with Crippen molar-refractivity contribution in [2.24, 2.45) is 11.3 Å². The zero-order valence-electron chi connectivity index (χ0n) is 19.1. The molecule has 2 aromatic heterocycles. The maximum Gasteiger partial charge on any atom is 0.231 e. The highest BCUT2D eigenvalue weighted by molar-refractivity contribution is 9.10. The molecule has 1 aromatic carbocycles. The zero-order chi connectivity index (χ0) is 23.4. The van der Waals surface area contributed by atoms with E-state index in [0.717, 1.165) is 59.2 Å². The lowest BCUT2D eigenvalue weighted by molar-refractivity contribution is -0.150. The molecule has 3 fully saturated rings. The molecule has 2 amide bonds. The van der Waals surface area contributed by atoms with E-state index < -0.39 is 0 Å². The summed E-state index contributed by atoms with van der Waals surface area (Å²) in [7, 11) is 0. The van der Waals surface area contributed by atoms with Crippen LogP contribution in [0.2, 0.25) is 0 Å². The summed E-state index contributed by atoms with van der Waals surface area (Å²) in [5.74, 6) is 0.584. The third-order valence-corrected chi connectivity index (χ3v) is 9.01. The molecular weight excluding hydrogens is 516 g/mol. The van der Waals surface area contributed by atoms with Crippen LogP contribution in [-0.2, 0) is 16.0 Å². The topological polar surface area (TPSA) is 74.1 Å². The highest BCUT2D eigenvalue weighted by atomic mass is 79.9. The largest absolute Gasteiger partial charge is 0.368 e. The second-order valence-electron chi connectivity index (χ2n) is 9.68. The van der Waals surface area contributed by atoms with Crippen LogP contribution in [0.25, 0.3) is 4.96 Å². The van der Waals surface area contributed by atoms with Gasteiger partial charge in [0.05, 0.1) is 23.7 Å². The standard InChI is InChI=1S/C24H27BrN6O2S/c1-16-27-31-14-19(26-23(31)34-16)12-21(32)30-13-17-5-6-24(17,15-30)22(33)29-9-7-28(8-10-29)20-4-2-3-18(25)11-20/h2-4,11,14,17H,5-10,12-13,15H2,1H3. The maximum absolute atomic E-state index is 13.7. The molecule has 8 nitrogen and oxygen atoms in total. The number of anilines is 1. The number of fused-ring (bicyclic) bond motifs is 2. The number of carbonyl (C=O) groups is 2. The number of nitrogens with zero attached hydrogens (tertiary/aromatic N) is 6. The molecule has 3 aromatic rings. The first-order valence-corrected chi connectivity index (χ1v) is 13.4. The van der Waals surface area contributed by atoms with Crippen LogP contribution in [0.4, 0.5) is 5.69 Å². The number of amides is 2. The lowest BCUT2D eigenvalue weighted by Crippen LogP contribution is -2.58. The van der Waals surface area contributed by atoms with E-state index >= 15 is 0 Å². The van der Waals surface area contributed by atoms with E-state index in [-0.39, 0.29) is 29.6 Å². The Kier molecular flexibility index (Phi) is 5.40. The molecular formula is C24H27BrN6O2S. The average Bonchev–Trinajstić information content (AvgIpc) is 3.42. The van der Waals surface area contributed by atoms with Gasteiger partial charge >= 0.3 is 0 Å². The van der Waals surface area contributed by atoms with Gasteiger partial charge in [-0.15, -0.1) is 0 Å². The van der Waals surface area contributed by atoms with Crippen LogP contribution in [0.5, 0.6) is 0 Å². The van der Waals surface area contributed by atoms with Crippen molar-refractivity contribution in [1.82, 2.24) is 24.4 Å². The number of benzene rings is 1. The summed E-state index contributed by atoms with van der Waals surface area (Å²) in [4.78, 5) is 38.4. The summed E-state index contributed by atoms with van der Waals surface area (Å²) >= 11 is 5.07. The number of aromatic nitrogens is 3. The van der Waals surface area contributed by atoms with Crippen molar-refractivity contribution in [3.63, 3.8) is 0 Å². The lowest BCUT2D eigenvalue weighted by Gasteiger charge is -2.47. The van der Waals surface area contributed by atoms with Crippen LogP contribution in [-0.4, -0.2) is 75.5 Å². The fourth-order valence-electron chi connectivity index (χ4n) is 5.73. The van der Waals surface area contributed by atoms with E-state index in [2.05, 4.69) is 43.0 Å². The molecule has 1 aliphatic carbocycles. The molecule has 10 heteroatoms. The summed E-state index contributed by atoms with van der Waals surface area (Å²) in [6.07, 6.45) is 4.01. The van der Waals surface area contributed by atoms with Gasteiger partial charge in [0.1, 0.15) is 5.01 Å². The van der Waals surface area contributed by atoms with Crippen molar-refractivity contribution in [2.75, 3.05) is 44.2 Å². The van der Waals surface area contributed by atoms with E-state index in [1.165, 1.54) is 17.0 Å². The van der Waals surface area contributed by atoms with Gasteiger partial charge in [-0.25, -0.2) is 9.50 Å². The molecule has 2 saturated heterocycles. The molecule has 178 valence electrons. The van der Waals surface area contributed by atoms with E-state index in [4.69, 9.17) is 0 Å². The summed E-state index contributed by atoms with van der Waals surface area (Å²) in [5, 5.41) is 5.33. The first-order chi connectivity index (χ1) is 16.4. The molecule has 4 heterocycles. The number of piperazine rings is 1. The monoisotopic (exact) mass is 542 g/mol. The Labute approximate surface area is 210 Å². The first-order valence-electron chi connectivity index (χ1n) is 11.8. The maximum atomic E-state index is 13.7. The summed E-state index contributed by atoms with van der Waals surface area (Å²) in [5.41, 5.74) is 1.54. The zero-order valence-corrected chi connectivity index (χ0v) is 21.5. The number of carbonyl (C=O) groups excluding carboxylic acids is 2. The predicted molar refractivity (Wildman–Crippen MR) is 134 cm³/mol. The average molecular weight is 543 g/mol. The van der Waals surface area contributed by atoms with Gasteiger partial charge in [0.25, 0.3) is 0 Å². The first kappa shape index (κ1) is 22.0. The molecule has 2 unspecified atom stereocenters. The highest BCUT2D eigenvalue weighted by Gasteiger charge is 2.59. The summed E-state index contributed by atoms with van der Waals surface area (Å²) in [6.45, 7) is 6.29. The van der Waals surface area contributed by atoms with Crippen molar-refractivity contribution >= 4 is 49.7 Å². The summed E-state index contributed by atoms with van der Waals surface area (Å²) < 4.78 is 2.81. The molecule has 1 saturated carbocycles. The Hall–Kier alpha value is -2.46. The van der Waals surface area contributed by atoms with Gasteiger partial charge in [0.15, 0.2) is 0 Å². The van der Waals surface area contributed by atoms with E-state index in [9.17, 15) is 9.59 Å². The van der Waals surface area contributed by atoms with E-state index in [1.807, 2.05) is 35.1 Å². The van der Waals surface area contributed by atoms with Crippen molar-refractivity contribution in [2.45, 2.75) is 26.2 Å². The fraction of sp³-hybridized carbons (Fsp3) is 0.500. The molecule has 6 rings (SSSR count). The summed E-state index contributed by atoms with van der Waals surface area (Å²) in [6, 6.07) is 8.31. The molecule has 0 N–H and O–H groups in total. The minimum atomic E-state index is -0.388. The number of aryl methyl sites for hydroxylation is 1. The van der Waals surface area contributed by atoms with E-state index in [1.54, 1.807) is 4.52 Å². The minimum Gasteiger partial charge on any atom is -0.368 e. The molecule has 3 aliphatic rings. The SMILES string of the molecule is Cc1nn2cc(CC(=O)N3CC4CCC4(C(=O)N4CCN(c5cccc(Br)c5)CC4)C3)nc2s1. The second-order valence-corrected chi connectivity index (χ2v) is 11.8. The van der Waals surface area contributed by atoms with Crippen molar-refractivity contribution in [1.29, 1.82) is 0 Å².